The quantitative estimate of drug-likeness (QED) is 0.684. The van der Waals surface area contributed by atoms with Gasteiger partial charge in [-0.25, -0.2) is 4.79 Å². The number of aromatic nitrogens is 4. The van der Waals surface area contributed by atoms with Crippen LogP contribution in [-0.2, 0) is 26.5 Å². The van der Waals surface area contributed by atoms with E-state index in [1.807, 2.05) is 24.3 Å². The normalized spacial score (nSPS) is 10.9. The molecule has 136 valence electrons. The molecular weight excluding hydrogens is 328 g/mol. The van der Waals surface area contributed by atoms with Crippen LogP contribution in [0.2, 0.25) is 0 Å². The van der Waals surface area contributed by atoms with Crippen molar-refractivity contribution in [3.05, 3.63) is 69.1 Å². The third kappa shape index (κ3) is 3.40. The molecule has 0 atom stereocenters. The van der Waals surface area contributed by atoms with Crippen molar-refractivity contribution in [1.82, 2.24) is 19.8 Å². The molecule has 0 bridgehead atoms. The Labute approximate surface area is 153 Å². The van der Waals surface area contributed by atoms with Crippen LogP contribution in [0.4, 0.5) is 0 Å². The van der Waals surface area contributed by atoms with Gasteiger partial charge in [-0.3, -0.25) is 0 Å². The number of rotatable bonds is 6. The predicted molar refractivity (Wildman–Crippen MR) is 101 cm³/mol. The molecule has 0 amide bonds. The van der Waals surface area contributed by atoms with Crippen molar-refractivity contribution in [2.24, 2.45) is 7.05 Å². The number of nitrogens with zero attached hydrogens (tertiary/aromatic N) is 4. The summed E-state index contributed by atoms with van der Waals surface area (Å²) >= 11 is 0. The van der Waals surface area contributed by atoms with Gasteiger partial charge in [0.2, 0.25) is 0 Å². The lowest BCUT2D eigenvalue weighted by Crippen LogP contribution is -2.23. The highest BCUT2D eigenvalue weighted by Crippen LogP contribution is 2.24. The molecule has 1 heterocycles. The molecule has 1 aromatic heterocycles. The van der Waals surface area contributed by atoms with Crippen LogP contribution in [0.25, 0.3) is 5.69 Å². The van der Waals surface area contributed by atoms with E-state index in [-0.39, 0.29) is 5.69 Å². The molecule has 3 rings (SSSR count). The minimum absolute atomic E-state index is 0.274. The van der Waals surface area contributed by atoms with Gasteiger partial charge >= 0.3 is 5.69 Å². The van der Waals surface area contributed by atoms with Crippen LogP contribution in [0.1, 0.15) is 36.1 Å². The van der Waals surface area contributed by atoms with Gasteiger partial charge in [0.25, 0.3) is 0 Å². The van der Waals surface area contributed by atoms with Crippen molar-refractivity contribution >= 4 is 0 Å². The van der Waals surface area contributed by atoms with Gasteiger partial charge in [-0.05, 0) is 53.5 Å². The maximum absolute atomic E-state index is 12.3. The zero-order valence-corrected chi connectivity index (χ0v) is 15.7. The highest BCUT2D eigenvalue weighted by Gasteiger charge is 2.15. The minimum Gasteiger partial charge on any atom is -0.489 e. The van der Waals surface area contributed by atoms with E-state index < -0.39 is 0 Å². The van der Waals surface area contributed by atoms with Crippen molar-refractivity contribution in [3.8, 4) is 11.4 Å². The van der Waals surface area contributed by atoms with Gasteiger partial charge in [-0.15, -0.1) is 0 Å². The highest BCUT2D eigenvalue weighted by molar-refractivity contribution is 5.46. The molecule has 0 aliphatic heterocycles. The second-order valence-electron chi connectivity index (χ2n) is 6.32. The summed E-state index contributed by atoms with van der Waals surface area (Å²) in [6, 6.07) is 12.1. The van der Waals surface area contributed by atoms with Crippen molar-refractivity contribution in [2.75, 3.05) is 0 Å². The van der Waals surface area contributed by atoms with Gasteiger partial charge in [0.15, 0.2) is 0 Å². The van der Waals surface area contributed by atoms with E-state index in [9.17, 15) is 4.79 Å². The van der Waals surface area contributed by atoms with Crippen LogP contribution < -0.4 is 10.4 Å². The highest BCUT2D eigenvalue weighted by atomic mass is 16.5. The first-order chi connectivity index (χ1) is 12.5. The predicted octanol–water partition coefficient (Wildman–Crippen LogP) is 2.98. The Kier molecular flexibility index (Phi) is 5.21. The molecular formula is C20H24N4O2. The Morgan fingerprint density at radius 3 is 2.46 bits per heavy atom. The minimum atomic E-state index is -0.274. The number of benzene rings is 2. The van der Waals surface area contributed by atoms with Gasteiger partial charge in [0.1, 0.15) is 12.4 Å². The van der Waals surface area contributed by atoms with Crippen LogP contribution in [-0.4, -0.2) is 19.8 Å². The summed E-state index contributed by atoms with van der Waals surface area (Å²) in [5.41, 5.74) is 4.93. The molecule has 0 N–H and O–H groups in total. The molecule has 0 saturated carbocycles. The molecule has 0 unspecified atom stereocenters. The van der Waals surface area contributed by atoms with Crippen LogP contribution >= 0.6 is 0 Å². The average Bonchev–Trinajstić information content (AvgIpc) is 2.99. The van der Waals surface area contributed by atoms with Crippen LogP contribution in [0.5, 0.6) is 5.75 Å². The van der Waals surface area contributed by atoms with E-state index in [2.05, 4.69) is 43.3 Å². The van der Waals surface area contributed by atoms with Crippen LogP contribution in [0.3, 0.4) is 0 Å². The van der Waals surface area contributed by atoms with Crippen LogP contribution in [0.15, 0.2) is 41.2 Å². The number of hydrogen-bond acceptors (Lipinski definition) is 4. The van der Waals surface area contributed by atoms with Gasteiger partial charge < -0.3 is 4.74 Å². The molecule has 0 aliphatic carbocycles. The third-order valence-corrected chi connectivity index (χ3v) is 4.55. The summed E-state index contributed by atoms with van der Waals surface area (Å²) in [5.74, 6) is 0.876. The lowest BCUT2D eigenvalue weighted by Gasteiger charge is -2.16. The SMILES string of the molecule is CCc1cc(C)ccc1OCc1c(CC)cccc1-n1nnn(C)c1=O. The monoisotopic (exact) mass is 352 g/mol. The molecule has 0 fully saturated rings. The standard InChI is InChI=1S/C20H24N4O2/c1-5-15-8-7-9-18(24-20(25)23(4)21-22-24)17(15)13-26-19-11-10-14(3)12-16(19)6-2/h7-12H,5-6,13H2,1-4H3. The van der Waals surface area contributed by atoms with E-state index in [4.69, 9.17) is 4.74 Å². The Balaban J connectivity index is 1.99. The zero-order valence-electron chi connectivity index (χ0n) is 15.7. The summed E-state index contributed by atoms with van der Waals surface area (Å²) in [4.78, 5) is 12.3. The number of tetrazole rings is 1. The maximum Gasteiger partial charge on any atom is 0.368 e. The lowest BCUT2D eigenvalue weighted by molar-refractivity contribution is 0.301. The van der Waals surface area contributed by atoms with E-state index in [0.29, 0.717) is 12.3 Å². The number of ether oxygens (including phenoxy) is 1. The van der Waals surface area contributed by atoms with Crippen molar-refractivity contribution in [1.29, 1.82) is 0 Å². The Morgan fingerprint density at radius 1 is 1.04 bits per heavy atom. The zero-order chi connectivity index (χ0) is 18.7. The Bertz CT molecular complexity index is 972. The Hall–Kier alpha value is -2.89. The van der Waals surface area contributed by atoms with Crippen molar-refractivity contribution in [3.63, 3.8) is 0 Å². The van der Waals surface area contributed by atoms with E-state index in [1.54, 1.807) is 7.05 Å². The molecule has 0 aliphatic rings. The van der Waals surface area contributed by atoms with Crippen molar-refractivity contribution < 1.29 is 4.74 Å². The fourth-order valence-corrected chi connectivity index (χ4v) is 3.06. The largest absolute Gasteiger partial charge is 0.489 e. The molecule has 6 nitrogen and oxygen atoms in total. The van der Waals surface area contributed by atoms with Gasteiger partial charge in [-0.1, -0.05) is 43.7 Å². The van der Waals surface area contributed by atoms with E-state index in [0.717, 1.165) is 29.7 Å². The summed E-state index contributed by atoms with van der Waals surface area (Å²) in [6.07, 6.45) is 1.75. The second kappa shape index (κ2) is 7.56. The lowest BCUT2D eigenvalue weighted by atomic mass is 10.0. The summed E-state index contributed by atoms with van der Waals surface area (Å²) in [5, 5.41) is 7.80. The first kappa shape index (κ1) is 17.9. The molecule has 2 aromatic carbocycles. The smallest absolute Gasteiger partial charge is 0.368 e. The Morgan fingerprint density at radius 2 is 1.81 bits per heavy atom. The molecule has 0 saturated heterocycles. The first-order valence-electron chi connectivity index (χ1n) is 8.87. The molecule has 3 aromatic rings. The topological polar surface area (TPSA) is 61.9 Å². The fraction of sp³-hybridized carbons (Fsp3) is 0.350. The average molecular weight is 352 g/mol. The molecule has 0 radical (unpaired) electrons. The summed E-state index contributed by atoms with van der Waals surface area (Å²) in [7, 11) is 1.59. The third-order valence-electron chi connectivity index (χ3n) is 4.55. The first-order valence-corrected chi connectivity index (χ1v) is 8.87. The maximum atomic E-state index is 12.3. The molecule has 26 heavy (non-hydrogen) atoms. The summed E-state index contributed by atoms with van der Waals surface area (Å²) < 4.78 is 8.70. The van der Waals surface area contributed by atoms with E-state index in [1.165, 1.54) is 20.5 Å². The number of hydrogen-bond donors (Lipinski definition) is 0. The van der Waals surface area contributed by atoms with Gasteiger partial charge in [-0.2, -0.15) is 9.36 Å². The molecule has 0 spiro atoms. The summed E-state index contributed by atoms with van der Waals surface area (Å²) in [6.45, 7) is 6.66. The van der Waals surface area contributed by atoms with Gasteiger partial charge in [0, 0.05) is 12.6 Å². The van der Waals surface area contributed by atoms with E-state index >= 15 is 0 Å². The van der Waals surface area contributed by atoms with Crippen molar-refractivity contribution in [2.45, 2.75) is 40.2 Å². The number of aryl methyl sites for hydroxylation is 4. The second-order valence-corrected chi connectivity index (χ2v) is 6.32. The molecule has 6 heteroatoms. The fourth-order valence-electron chi connectivity index (χ4n) is 3.06. The van der Waals surface area contributed by atoms with Gasteiger partial charge in [0.05, 0.1) is 5.69 Å². The van der Waals surface area contributed by atoms with Crippen LogP contribution in [0, 0.1) is 6.92 Å².